The smallest absolute Gasteiger partial charge is 0.211 e. The van der Waals surface area contributed by atoms with E-state index in [1.165, 1.54) is 11.7 Å². The van der Waals surface area contributed by atoms with Gasteiger partial charge in [0.15, 0.2) is 17.6 Å². The molecule has 1 aromatic heterocycles. The number of aliphatic hydroxyl groups excluding tert-OH is 2. The fourth-order valence-electron chi connectivity index (χ4n) is 1.88. The summed E-state index contributed by atoms with van der Waals surface area (Å²) in [6, 6.07) is 0. The molecule has 19 heavy (non-hydrogen) atoms. The summed E-state index contributed by atoms with van der Waals surface area (Å²) < 4.78 is 12.1. The lowest BCUT2D eigenvalue weighted by atomic mass is 10.2. The Bertz CT molecular complexity index is 584. The first-order valence-electron chi connectivity index (χ1n) is 5.57. The maximum atomic E-state index is 10.1. The maximum absolute atomic E-state index is 10.1. The van der Waals surface area contributed by atoms with Crippen molar-refractivity contribution in [2.45, 2.75) is 19.3 Å². The van der Waals surface area contributed by atoms with Crippen molar-refractivity contribution in [1.82, 2.24) is 9.55 Å². The Morgan fingerprint density at radius 1 is 1.63 bits per heavy atom. The van der Waals surface area contributed by atoms with Gasteiger partial charge in [-0.3, -0.25) is 4.57 Å². The van der Waals surface area contributed by atoms with E-state index in [2.05, 4.69) is 4.98 Å². The number of nitrogens with two attached hydrogens (primary N) is 1. The highest BCUT2D eigenvalue weighted by molar-refractivity contribution is 7.71. The lowest BCUT2D eigenvalue weighted by Gasteiger charge is -2.20. The Balaban J connectivity index is 2.41. The third-order valence-electron chi connectivity index (χ3n) is 2.89. The van der Waals surface area contributed by atoms with E-state index < -0.39 is 12.3 Å². The highest BCUT2D eigenvalue weighted by Crippen LogP contribution is 2.33. The first kappa shape index (κ1) is 13.8. The van der Waals surface area contributed by atoms with Gasteiger partial charge < -0.3 is 25.4 Å². The summed E-state index contributed by atoms with van der Waals surface area (Å²) in [5.74, 6) is 0.691. The van der Waals surface area contributed by atoms with Crippen LogP contribution in [-0.2, 0) is 9.47 Å². The molecule has 1 aliphatic heterocycles. The summed E-state index contributed by atoms with van der Waals surface area (Å²) in [5.41, 5.74) is 6.37. The van der Waals surface area contributed by atoms with Gasteiger partial charge >= 0.3 is 0 Å². The molecule has 0 saturated carbocycles. The minimum absolute atomic E-state index is 0.177. The summed E-state index contributed by atoms with van der Waals surface area (Å²) in [7, 11) is 1.39. The van der Waals surface area contributed by atoms with Gasteiger partial charge in [-0.05, 0) is 19.1 Å². The molecule has 1 aromatic rings. The molecule has 1 aliphatic rings. The van der Waals surface area contributed by atoms with Gasteiger partial charge in [0.1, 0.15) is 12.4 Å². The van der Waals surface area contributed by atoms with Crippen LogP contribution in [0.1, 0.15) is 11.8 Å². The predicted octanol–water partition coefficient (Wildman–Crippen LogP) is 0.243. The first-order valence-corrected chi connectivity index (χ1v) is 5.98. The zero-order valence-electron chi connectivity index (χ0n) is 10.5. The van der Waals surface area contributed by atoms with Crippen molar-refractivity contribution in [3.63, 3.8) is 0 Å². The molecule has 0 fully saturated rings. The monoisotopic (exact) mass is 285 g/mol. The summed E-state index contributed by atoms with van der Waals surface area (Å²) in [5, 5.41) is 19.3. The predicted molar refractivity (Wildman–Crippen MR) is 69.5 cm³/mol. The van der Waals surface area contributed by atoms with Gasteiger partial charge in [0.05, 0.1) is 7.11 Å². The van der Waals surface area contributed by atoms with Gasteiger partial charge in [-0.15, -0.1) is 0 Å². The molecule has 7 nitrogen and oxygen atoms in total. The van der Waals surface area contributed by atoms with Crippen LogP contribution in [0.15, 0.2) is 17.7 Å². The molecule has 0 saturated heterocycles. The van der Waals surface area contributed by atoms with E-state index in [1.54, 1.807) is 13.1 Å². The van der Waals surface area contributed by atoms with Gasteiger partial charge in [-0.25, -0.2) is 4.98 Å². The number of hydrogen-bond donors (Lipinski definition) is 3. The van der Waals surface area contributed by atoms with Crippen LogP contribution in [0.5, 0.6) is 0 Å². The number of ether oxygens (including phenoxy) is 2. The molecule has 0 amide bonds. The molecule has 2 heterocycles. The van der Waals surface area contributed by atoms with E-state index in [1.807, 2.05) is 0 Å². The average Bonchev–Trinajstić information content (AvgIpc) is 2.70. The quantitative estimate of drug-likeness (QED) is 0.684. The van der Waals surface area contributed by atoms with Crippen molar-refractivity contribution in [2.75, 3.05) is 19.5 Å². The Hall–Kier alpha value is -1.64. The number of aryl methyl sites for hydroxylation is 1. The largest absolute Gasteiger partial charge is 0.494 e. The number of nitrogens with zero attached hydrogens (tertiary/aromatic N) is 2. The highest BCUT2D eigenvalue weighted by atomic mass is 32.1. The van der Waals surface area contributed by atoms with Crippen LogP contribution in [0.4, 0.5) is 5.82 Å². The van der Waals surface area contributed by atoms with Gasteiger partial charge in [-0.2, -0.15) is 0 Å². The molecule has 2 atom stereocenters. The van der Waals surface area contributed by atoms with Crippen molar-refractivity contribution in [3.05, 3.63) is 28.0 Å². The third-order valence-corrected chi connectivity index (χ3v) is 3.19. The van der Waals surface area contributed by atoms with Crippen molar-refractivity contribution < 1.29 is 19.7 Å². The van der Waals surface area contributed by atoms with Gasteiger partial charge in [0.25, 0.3) is 0 Å². The molecule has 0 aliphatic carbocycles. The van der Waals surface area contributed by atoms with Crippen LogP contribution in [0.25, 0.3) is 0 Å². The molecule has 2 rings (SSSR count). The van der Waals surface area contributed by atoms with Crippen LogP contribution in [-0.4, -0.2) is 39.6 Å². The summed E-state index contributed by atoms with van der Waals surface area (Å²) in [6.07, 6.45) is -0.244. The zero-order valence-corrected chi connectivity index (χ0v) is 11.3. The van der Waals surface area contributed by atoms with Crippen LogP contribution in [0.3, 0.4) is 0 Å². The Kier molecular flexibility index (Phi) is 3.74. The van der Waals surface area contributed by atoms with Gasteiger partial charge in [0, 0.05) is 11.8 Å². The number of methoxy groups -OCH3 is 1. The highest BCUT2D eigenvalue weighted by Gasteiger charge is 2.38. The van der Waals surface area contributed by atoms with Crippen molar-refractivity contribution in [2.24, 2.45) is 0 Å². The zero-order chi connectivity index (χ0) is 14.2. The Labute approximate surface area is 114 Å². The molecule has 1 unspecified atom stereocenters. The second-order valence-corrected chi connectivity index (χ2v) is 4.47. The van der Waals surface area contributed by atoms with Crippen LogP contribution >= 0.6 is 12.2 Å². The second kappa shape index (κ2) is 5.16. The normalized spacial score (nSPS) is 22.5. The number of aliphatic hydroxyl groups is 2. The van der Waals surface area contributed by atoms with Gasteiger partial charge in [-0.1, -0.05) is 0 Å². The Morgan fingerprint density at radius 2 is 2.32 bits per heavy atom. The standard InChI is InChI=1S/C11H15N3O4S/c1-5-3-14(11(19)13-9(5)12)10-7(16)8(17-2)6(4-15)18-10/h3,7,10,15-16H,4H2,1-2H3,(H2,12,13,19)/t7?,10-/m1/s1. The molecule has 0 radical (unpaired) electrons. The SMILES string of the molecule is COC1=C(CO)O[C@@H](n2cc(C)c(N)nc2=S)C1O. The van der Waals surface area contributed by atoms with E-state index in [4.69, 9.17) is 27.4 Å². The molecule has 104 valence electrons. The van der Waals surface area contributed by atoms with E-state index in [-0.39, 0.29) is 22.9 Å². The maximum Gasteiger partial charge on any atom is 0.211 e. The van der Waals surface area contributed by atoms with Crippen LogP contribution in [0, 0.1) is 11.7 Å². The van der Waals surface area contributed by atoms with Crippen LogP contribution < -0.4 is 5.73 Å². The minimum atomic E-state index is -1.07. The average molecular weight is 285 g/mol. The molecule has 0 aromatic carbocycles. The molecule has 0 spiro atoms. The minimum Gasteiger partial charge on any atom is -0.494 e. The summed E-state index contributed by atoms with van der Waals surface area (Å²) >= 11 is 5.10. The fourth-order valence-corrected chi connectivity index (χ4v) is 2.14. The molecule has 0 bridgehead atoms. The molecular weight excluding hydrogens is 270 g/mol. The summed E-state index contributed by atoms with van der Waals surface area (Å²) in [4.78, 5) is 4.00. The lowest BCUT2D eigenvalue weighted by Crippen LogP contribution is -2.24. The van der Waals surface area contributed by atoms with E-state index in [0.717, 1.165) is 0 Å². The number of aromatic nitrogens is 2. The summed E-state index contributed by atoms with van der Waals surface area (Å²) in [6.45, 7) is 1.40. The van der Waals surface area contributed by atoms with Crippen molar-refractivity contribution >= 4 is 18.0 Å². The number of anilines is 1. The van der Waals surface area contributed by atoms with Gasteiger partial charge in [0.2, 0.25) is 11.0 Å². The van der Waals surface area contributed by atoms with E-state index >= 15 is 0 Å². The number of rotatable bonds is 3. The second-order valence-electron chi connectivity index (χ2n) is 4.10. The Morgan fingerprint density at radius 3 is 2.84 bits per heavy atom. The van der Waals surface area contributed by atoms with Crippen molar-refractivity contribution in [1.29, 1.82) is 0 Å². The van der Waals surface area contributed by atoms with E-state index in [0.29, 0.717) is 11.4 Å². The number of hydrogen-bond acceptors (Lipinski definition) is 7. The molecule has 8 heteroatoms. The number of nitrogen functional groups attached to an aromatic ring is 1. The van der Waals surface area contributed by atoms with E-state index in [9.17, 15) is 10.2 Å². The lowest BCUT2D eigenvalue weighted by molar-refractivity contribution is -0.0177. The fraction of sp³-hybridized carbons (Fsp3) is 0.455. The molecule has 4 N–H and O–H groups in total. The third kappa shape index (κ3) is 2.29. The van der Waals surface area contributed by atoms with Crippen LogP contribution in [0.2, 0.25) is 0 Å². The first-order chi connectivity index (χ1) is 8.99. The molecular formula is C11H15N3O4S. The van der Waals surface area contributed by atoms with Crippen molar-refractivity contribution in [3.8, 4) is 0 Å². The topological polar surface area (TPSA) is 103 Å².